The minimum Gasteiger partial charge on any atom is -0.495 e. The van der Waals surface area contributed by atoms with Crippen LogP contribution >= 0.6 is 22.9 Å². The van der Waals surface area contributed by atoms with Crippen molar-refractivity contribution in [2.24, 2.45) is 0 Å². The number of nitrogens with zero attached hydrogens (tertiary/aromatic N) is 1. The number of halogens is 1. The van der Waals surface area contributed by atoms with Crippen LogP contribution in [0.5, 0.6) is 5.75 Å². The van der Waals surface area contributed by atoms with Crippen molar-refractivity contribution in [2.75, 3.05) is 12.8 Å². The Balaban J connectivity index is 0.000000924. The molecule has 23 heavy (non-hydrogen) atoms. The highest BCUT2D eigenvalue weighted by Gasteiger charge is 2.14. The van der Waals surface area contributed by atoms with Gasteiger partial charge >= 0.3 is 0 Å². The zero-order valence-corrected chi connectivity index (χ0v) is 14.9. The highest BCUT2D eigenvalue weighted by atomic mass is 35.5. The number of aromatic amines is 1. The Hall–Kier alpha value is -2.05. The van der Waals surface area contributed by atoms with E-state index in [4.69, 9.17) is 22.1 Å². The molecule has 3 aromatic rings. The quantitative estimate of drug-likeness (QED) is 0.723. The predicted octanol–water partition coefficient (Wildman–Crippen LogP) is 4.23. The number of nitrogens with one attached hydrogen (secondary N) is 1. The number of methoxy groups -OCH3 is 1. The molecule has 7 heteroatoms. The van der Waals surface area contributed by atoms with Crippen LogP contribution in [0.3, 0.4) is 0 Å². The van der Waals surface area contributed by atoms with Crippen molar-refractivity contribution in [1.82, 2.24) is 9.97 Å². The van der Waals surface area contributed by atoms with Crippen molar-refractivity contribution in [3.63, 3.8) is 0 Å². The van der Waals surface area contributed by atoms with Gasteiger partial charge in [0.2, 0.25) is 0 Å². The fourth-order valence-corrected chi connectivity index (χ4v) is 3.21. The summed E-state index contributed by atoms with van der Waals surface area (Å²) in [5.74, 6) is 0.506. The number of benzene rings is 1. The zero-order valence-electron chi connectivity index (χ0n) is 13.4. The largest absolute Gasteiger partial charge is 0.495 e. The van der Waals surface area contributed by atoms with Gasteiger partial charge in [-0.1, -0.05) is 25.4 Å². The molecule has 0 atom stereocenters. The molecule has 3 rings (SSSR count). The number of thiazole rings is 1. The number of hydrogen-bond donors (Lipinski definition) is 2. The number of nitrogens with two attached hydrogens (primary N) is 1. The van der Waals surface area contributed by atoms with Gasteiger partial charge in [-0.3, -0.25) is 4.79 Å². The molecular formula is C16H18ClN3O2S. The molecule has 0 amide bonds. The third-order valence-electron chi connectivity index (χ3n) is 3.20. The van der Waals surface area contributed by atoms with Crippen LogP contribution in [-0.2, 0) is 0 Å². The lowest BCUT2D eigenvalue weighted by atomic mass is 10.1. The van der Waals surface area contributed by atoms with Crippen LogP contribution in [0.15, 0.2) is 23.0 Å². The molecule has 1 aromatic carbocycles. The lowest BCUT2D eigenvalue weighted by molar-refractivity contribution is 0.415. The number of aromatic nitrogens is 2. The van der Waals surface area contributed by atoms with E-state index in [-0.39, 0.29) is 5.43 Å². The number of aryl methyl sites for hydroxylation is 1. The van der Waals surface area contributed by atoms with Crippen LogP contribution in [-0.4, -0.2) is 17.1 Å². The normalized spacial score (nSPS) is 10.3. The van der Waals surface area contributed by atoms with Crippen LogP contribution in [0, 0.1) is 6.92 Å². The van der Waals surface area contributed by atoms with Gasteiger partial charge in [0.05, 0.1) is 18.3 Å². The summed E-state index contributed by atoms with van der Waals surface area (Å²) in [7, 11) is 1.53. The Morgan fingerprint density at radius 3 is 2.61 bits per heavy atom. The average Bonchev–Trinajstić information content (AvgIpc) is 2.89. The van der Waals surface area contributed by atoms with Gasteiger partial charge in [0, 0.05) is 16.3 Å². The first-order chi connectivity index (χ1) is 11.0. The molecule has 0 unspecified atom stereocenters. The Bertz CT molecular complexity index is 902. The fraction of sp³-hybridized carbons (Fsp3) is 0.250. The molecule has 0 spiro atoms. The minimum atomic E-state index is -0.130. The molecule has 0 saturated carbocycles. The van der Waals surface area contributed by atoms with Crippen LogP contribution in [0.2, 0.25) is 5.02 Å². The first kappa shape index (κ1) is 17.3. The number of fused-ring (bicyclic) bond motifs is 1. The molecule has 3 N–H and O–H groups in total. The second kappa shape index (κ2) is 7.02. The molecule has 5 nitrogen and oxygen atoms in total. The maximum atomic E-state index is 12.3. The van der Waals surface area contributed by atoms with Gasteiger partial charge in [0.15, 0.2) is 10.6 Å². The molecule has 0 fully saturated rings. The molecular weight excluding hydrogens is 334 g/mol. The molecule has 0 aliphatic heterocycles. The van der Waals surface area contributed by atoms with Crippen molar-refractivity contribution in [3.8, 4) is 17.1 Å². The summed E-state index contributed by atoms with van der Waals surface area (Å²) < 4.78 is 5.18. The summed E-state index contributed by atoms with van der Waals surface area (Å²) in [6.07, 6.45) is 0. The maximum absolute atomic E-state index is 12.3. The number of hydrogen-bond acceptors (Lipinski definition) is 5. The number of pyridine rings is 1. The lowest BCUT2D eigenvalue weighted by Gasteiger charge is -2.08. The van der Waals surface area contributed by atoms with E-state index < -0.39 is 0 Å². The topological polar surface area (TPSA) is 81.0 Å². The summed E-state index contributed by atoms with van der Waals surface area (Å²) in [4.78, 5) is 20.6. The van der Waals surface area contributed by atoms with E-state index in [9.17, 15) is 4.79 Å². The Labute approximate surface area is 143 Å². The monoisotopic (exact) mass is 351 g/mol. The van der Waals surface area contributed by atoms with Crippen LogP contribution < -0.4 is 15.9 Å². The average molecular weight is 352 g/mol. The predicted molar refractivity (Wildman–Crippen MR) is 97.7 cm³/mol. The van der Waals surface area contributed by atoms with Crippen LogP contribution in [0.4, 0.5) is 5.13 Å². The summed E-state index contributed by atoms with van der Waals surface area (Å²) in [6, 6.07) is 4.86. The van der Waals surface area contributed by atoms with E-state index in [0.29, 0.717) is 38.2 Å². The summed E-state index contributed by atoms with van der Waals surface area (Å²) in [5.41, 5.74) is 7.37. The molecule has 0 aliphatic rings. The first-order valence-corrected chi connectivity index (χ1v) is 8.33. The number of ether oxygens (including phenoxy) is 1. The van der Waals surface area contributed by atoms with Gasteiger partial charge in [-0.25, -0.2) is 4.98 Å². The van der Waals surface area contributed by atoms with Crippen molar-refractivity contribution < 1.29 is 4.74 Å². The fourth-order valence-electron chi connectivity index (χ4n) is 2.22. The highest BCUT2D eigenvalue weighted by molar-refractivity contribution is 7.15. The molecule has 0 saturated heterocycles. The number of nitrogen functional groups attached to an aromatic ring is 1. The van der Waals surface area contributed by atoms with Gasteiger partial charge in [0.25, 0.3) is 0 Å². The third-order valence-corrected chi connectivity index (χ3v) is 4.37. The van der Waals surface area contributed by atoms with Gasteiger partial charge in [-0.05, 0) is 19.1 Å². The standard InChI is InChI=1S/C14H12ClN3O2S.C2H6/c1-6-12(18-14(16)21-6)8-5-9(19)7-3-4-10(20-2)11(15)13(7)17-8;1-2/h3-5H,1-2H3,(H2,16,18)(H,17,19);1-2H3. The molecule has 0 bridgehead atoms. The van der Waals surface area contributed by atoms with E-state index >= 15 is 0 Å². The van der Waals surface area contributed by atoms with Gasteiger partial charge < -0.3 is 15.5 Å². The Morgan fingerprint density at radius 2 is 2.04 bits per heavy atom. The Kier molecular flexibility index (Phi) is 5.28. The van der Waals surface area contributed by atoms with E-state index in [0.717, 1.165) is 4.88 Å². The summed E-state index contributed by atoms with van der Waals surface area (Å²) in [5, 5.41) is 1.33. The first-order valence-electron chi connectivity index (χ1n) is 7.14. The molecule has 0 radical (unpaired) electrons. The number of anilines is 1. The lowest BCUT2D eigenvalue weighted by Crippen LogP contribution is -2.04. The summed E-state index contributed by atoms with van der Waals surface area (Å²) >= 11 is 7.65. The molecule has 2 heterocycles. The minimum absolute atomic E-state index is 0.130. The van der Waals surface area contributed by atoms with Crippen LogP contribution in [0.25, 0.3) is 22.3 Å². The Morgan fingerprint density at radius 1 is 1.35 bits per heavy atom. The van der Waals surface area contributed by atoms with Gasteiger partial charge in [-0.2, -0.15) is 0 Å². The molecule has 122 valence electrons. The van der Waals surface area contributed by atoms with E-state index in [2.05, 4.69) is 9.97 Å². The second-order valence-electron chi connectivity index (χ2n) is 4.51. The maximum Gasteiger partial charge on any atom is 0.190 e. The van der Waals surface area contributed by atoms with Crippen molar-refractivity contribution in [3.05, 3.63) is 38.3 Å². The van der Waals surface area contributed by atoms with E-state index in [1.807, 2.05) is 20.8 Å². The van der Waals surface area contributed by atoms with E-state index in [1.165, 1.54) is 24.5 Å². The zero-order chi connectivity index (χ0) is 17.1. The second-order valence-corrected chi connectivity index (χ2v) is 6.12. The summed E-state index contributed by atoms with van der Waals surface area (Å²) in [6.45, 7) is 5.90. The van der Waals surface area contributed by atoms with E-state index in [1.54, 1.807) is 12.1 Å². The van der Waals surface area contributed by atoms with Gasteiger partial charge in [-0.15, -0.1) is 11.3 Å². The smallest absolute Gasteiger partial charge is 0.190 e. The van der Waals surface area contributed by atoms with Gasteiger partial charge in [0.1, 0.15) is 16.5 Å². The molecule has 2 aromatic heterocycles. The van der Waals surface area contributed by atoms with Crippen LogP contribution in [0.1, 0.15) is 18.7 Å². The third kappa shape index (κ3) is 3.18. The SMILES string of the molecule is CC.COc1ccc2c(=O)cc(-c3nc(N)sc3C)[nH]c2c1Cl. The highest BCUT2D eigenvalue weighted by Crippen LogP contribution is 2.33. The van der Waals surface area contributed by atoms with Crippen molar-refractivity contribution in [1.29, 1.82) is 0 Å². The number of H-pyrrole nitrogens is 1. The number of rotatable bonds is 2. The molecule has 0 aliphatic carbocycles. The van der Waals surface area contributed by atoms with Crippen molar-refractivity contribution >= 4 is 39.0 Å². The van der Waals surface area contributed by atoms with Crippen molar-refractivity contribution in [2.45, 2.75) is 20.8 Å².